The molecule has 0 aliphatic carbocycles. The van der Waals surface area contributed by atoms with Gasteiger partial charge in [-0.15, -0.1) is 0 Å². The summed E-state index contributed by atoms with van der Waals surface area (Å²) in [7, 11) is 1.64. The number of fused-ring (bicyclic) bond motifs is 3. The lowest BCUT2D eigenvalue weighted by Crippen LogP contribution is -2.42. The molecule has 6 heteroatoms. The second kappa shape index (κ2) is 8.97. The van der Waals surface area contributed by atoms with Crippen molar-refractivity contribution in [3.05, 3.63) is 89.2 Å². The van der Waals surface area contributed by atoms with Crippen LogP contribution in [0.2, 0.25) is 0 Å². The second-order valence-electron chi connectivity index (χ2n) is 8.32. The number of anilines is 1. The first-order valence-corrected chi connectivity index (χ1v) is 11.1. The van der Waals surface area contributed by atoms with E-state index < -0.39 is 0 Å². The number of aliphatic hydroxyl groups is 1. The Bertz CT molecular complexity index is 1230. The molecule has 2 aliphatic rings. The Labute approximate surface area is 193 Å². The zero-order valence-electron chi connectivity index (χ0n) is 18.4. The van der Waals surface area contributed by atoms with E-state index in [4.69, 9.17) is 4.74 Å². The van der Waals surface area contributed by atoms with Crippen molar-refractivity contribution in [2.75, 3.05) is 25.6 Å². The molecule has 5 rings (SSSR count). The molecule has 1 aromatic heterocycles. The number of amides is 1. The van der Waals surface area contributed by atoms with Gasteiger partial charge in [0.1, 0.15) is 5.75 Å². The first-order chi connectivity index (χ1) is 16.2. The number of ether oxygens (including phenoxy) is 1. The van der Waals surface area contributed by atoms with Crippen LogP contribution in [0.5, 0.6) is 5.75 Å². The summed E-state index contributed by atoms with van der Waals surface area (Å²) < 4.78 is 5.40. The molecule has 2 aromatic carbocycles. The summed E-state index contributed by atoms with van der Waals surface area (Å²) in [5.41, 5.74) is 4.29. The summed E-state index contributed by atoms with van der Waals surface area (Å²) in [6, 6.07) is 17.0. The summed E-state index contributed by atoms with van der Waals surface area (Å²) in [4.78, 5) is 19.3. The minimum atomic E-state index is -0.118. The van der Waals surface area contributed by atoms with Crippen LogP contribution in [0.1, 0.15) is 39.5 Å². The van der Waals surface area contributed by atoms with Gasteiger partial charge < -0.3 is 20.1 Å². The van der Waals surface area contributed by atoms with Crippen molar-refractivity contribution < 1.29 is 14.6 Å². The van der Waals surface area contributed by atoms with Gasteiger partial charge in [-0.3, -0.25) is 9.78 Å². The number of nitrogens with one attached hydrogen (secondary N) is 1. The molecule has 166 valence electrons. The van der Waals surface area contributed by atoms with Crippen molar-refractivity contribution in [1.29, 1.82) is 0 Å². The first-order valence-electron chi connectivity index (χ1n) is 11.1. The predicted octanol–water partition coefficient (Wildman–Crippen LogP) is 3.48. The molecule has 33 heavy (non-hydrogen) atoms. The Morgan fingerprint density at radius 2 is 2.00 bits per heavy atom. The monoisotopic (exact) mass is 439 g/mol. The summed E-state index contributed by atoms with van der Waals surface area (Å²) >= 11 is 0. The van der Waals surface area contributed by atoms with Crippen LogP contribution in [-0.4, -0.2) is 47.2 Å². The maximum atomic E-state index is 13.3. The highest BCUT2D eigenvalue weighted by atomic mass is 16.5. The van der Waals surface area contributed by atoms with Crippen LogP contribution in [0.25, 0.3) is 0 Å². The van der Waals surface area contributed by atoms with Crippen molar-refractivity contribution in [2.45, 2.75) is 18.5 Å². The number of carbonyl (C=O) groups is 1. The van der Waals surface area contributed by atoms with Crippen molar-refractivity contribution >= 4 is 11.6 Å². The highest BCUT2D eigenvalue weighted by Crippen LogP contribution is 2.47. The average Bonchev–Trinajstić information content (AvgIpc) is 3.33. The second-order valence-corrected chi connectivity index (χ2v) is 8.32. The van der Waals surface area contributed by atoms with Crippen molar-refractivity contribution in [3.8, 4) is 17.6 Å². The summed E-state index contributed by atoms with van der Waals surface area (Å²) in [5.74, 6) is 7.30. The minimum Gasteiger partial charge on any atom is -0.495 e. The third-order valence-corrected chi connectivity index (χ3v) is 6.51. The fourth-order valence-electron chi connectivity index (χ4n) is 4.92. The third-order valence-electron chi connectivity index (χ3n) is 6.51. The number of hydrogen-bond acceptors (Lipinski definition) is 5. The lowest BCUT2D eigenvalue weighted by Gasteiger charge is -2.39. The third kappa shape index (κ3) is 3.92. The number of para-hydroxylation sites is 1. The molecular weight excluding hydrogens is 414 g/mol. The van der Waals surface area contributed by atoms with Crippen molar-refractivity contribution in [1.82, 2.24) is 9.88 Å². The van der Waals surface area contributed by atoms with Gasteiger partial charge in [0.05, 0.1) is 31.4 Å². The minimum absolute atomic E-state index is 0.0139. The van der Waals surface area contributed by atoms with Gasteiger partial charge >= 0.3 is 0 Å². The van der Waals surface area contributed by atoms with E-state index >= 15 is 0 Å². The highest BCUT2D eigenvalue weighted by Gasteiger charge is 2.45. The Hall–Kier alpha value is -3.82. The predicted molar refractivity (Wildman–Crippen MR) is 126 cm³/mol. The molecule has 0 saturated carbocycles. The Morgan fingerprint density at radius 1 is 1.18 bits per heavy atom. The average molecular weight is 440 g/mol. The molecular formula is C27H25N3O3. The maximum absolute atomic E-state index is 13.3. The normalized spacial score (nSPS) is 20.7. The quantitative estimate of drug-likeness (QED) is 0.612. The lowest BCUT2D eigenvalue weighted by atomic mass is 9.82. The number of likely N-dealkylation sites (tertiary alicyclic amines) is 1. The van der Waals surface area contributed by atoms with Crippen LogP contribution >= 0.6 is 0 Å². The van der Waals surface area contributed by atoms with E-state index in [1.54, 1.807) is 31.6 Å². The van der Waals surface area contributed by atoms with Crippen LogP contribution in [0.3, 0.4) is 0 Å². The van der Waals surface area contributed by atoms with Crippen LogP contribution in [-0.2, 0) is 0 Å². The molecule has 2 N–H and O–H groups in total. The largest absolute Gasteiger partial charge is 0.495 e. The lowest BCUT2D eigenvalue weighted by molar-refractivity contribution is 0.0701. The molecule has 6 nitrogen and oxygen atoms in total. The molecule has 2 aliphatic heterocycles. The number of pyridine rings is 1. The molecule has 3 heterocycles. The highest BCUT2D eigenvalue weighted by molar-refractivity contribution is 5.94. The SMILES string of the molecule is COc1ccccc1C#Cc1ccc2c(c1)[C@H]1[C@H](CCN1C(=O)c1ccncc1)[C@@H](CO)N2. The van der Waals surface area contributed by atoms with E-state index in [1.165, 1.54) is 0 Å². The Kier molecular flexibility index (Phi) is 5.72. The van der Waals surface area contributed by atoms with Gasteiger partial charge in [0.25, 0.3) is 5.91 Å². The van der Waals surface area contributed by atoms with E-state index in [2.05, 4.69) is 28.2 Å². The van der Waals surface area contributed by atoms with Gasteiger partial charge in [0.15, 0.2) is 0 Å². The molecule has 0 bridgehead atoms. The van der Waals surface area contributed by atoms with Gasteiger partial charge in [-0.2, -0.15) is 0 Å². The summed E-state index contributed by atoms with van der Waals surface area (Å²) in [6.45, 7) is 0.665. The zero-order valence-corrected chi connectivity index (χ0v) is 18.4. The smallest absolute Gasteiger partial charge is 0.254 e. The Balaban J connectivity index is 1.52. The number of carbonyl (C=O) groups excluding carboxylic acids is 1. The molecule has 1 amide bonds. The zero-order chi connectivity index (χ0) is 22.8. The van der Waals surface area contributed by atoms with Gasteiger partial charge in [-0.1, -0.05) is 24.0 Å². The van der Waals surface area contributed by atoms with E-state index in [0.717, 1.165) is 34.5 Å². The molecule has 3 aromatic rings. The molecule has 0 spiro atoms. The molecule has 1 saturated heterocycles. The number of aromatic nitrogens is 1. The number of methoxy groups -OCH3 is 1. The molecule has 0 unspecified atom stereocenters. The maximum Gasteiger partial charge on any atom is 0.254 e. The topological polar surface area (TPSA) is 74.7 Å². The standard InChI is InChI=1S/C27H25N3O3/c1-33-25-5-3-2-4-19(25)8-6-18-7-9-23-22(16-18)26-21(24(17-31)29-23)12-15-30(26)27(32)20-10-13-28-14-11-20/h2-5,7,9-11,13-14,16,21,24,26,29,31H,12,15,17H2,1H3/t21-,24-,26-/m1/s1. The van der Waals surface area contributed by atoms with Crippen molar-refractivity contribution in [3.63, 3.8) is 0 Å². The van der Waals surface area contributed by atoms with Crippen LogP contribution in [0.4, 0.5) is 5.69 Å². The fraction of sp³-hybridized carbons (Fsp3) is 0.259. The number of benzene rings is 2. The van der Waals surface area contributed by atoms with Gasteiger partial charge in [0, 0.05) is 41.7 Å². The molecule has 0 radical (unpaired) electrons. The van der Waals surface area contributed by atoms with Gasteiger partial charge in [-0.25, -0.2) is 0 Å². The number of aliphatic hydroxyl groups excluding tert-OH is 1. The van der Waals surface area contributed by atoms with Gasteiger partial charge in [-0.05, 0) is 54.4 Å². The number of hydrogen-bond donors (Lipinski definition) is 2. The number of nitrogens with zero attached hydrogens (tertiary/aromatic N) is 2. The van der Waals surface area contributed by atoms with Crippen molar-refractivity contribution in [2.24, 2.45) is 5.92 Å². The van der Waals surface area contributed by atoms with Gasteiger partial charge in [0.2, 0.25) is 0 Å². The van der Waals surface area contributed by atoms with E-state index in [1.807, 2.05) is 41.3 Å². The summed E-state index contributed by atoms with van der Waals surface area (Å²) in [6.07, 6.45) is 4.11. The van der Waals surface area contributed by atoms with E-state index in [-0.39, 0.29) is 30.5 Å². The Morgan fingerprint density at radius 3 is 2.79 bits per heavy atom. The molecule has 3 atom stereocenters. The van der Waals surface area contributed by atoms with E-state index in [0.29, 0.717) is 12.1 Å². The number of rotatable bonds is 3. The fourth-order valence-corrected chi connectivity index (χ4v) is 4.92. The van der Waals surface area contributed by atoms with Crippen LogP contribution in [0, 0.1) is 17.8 Å². The summed E-state index contributed by atoms with van der Waals surface area (Å²) in [5, 5.41) is 13.5. The molecule has 1 fully saturated rings. The van der Waals surface area contributed by atoms with Crippen LogP contribution < -0.4 is 10.1 Å². The van der Waals surface area contributed by atoms with E-state index in [9.17, 15) is 9.90 Å². The van der Waals surface area contributed by atoms with Crippen LogP contribution in [0.15, 0.2) is 67.0 Å². The first kappa shape index (κ1) is 21.0.